The Balaban J connectivity index is 0.00000176. The molecule has 0 amide bonds. The van der Waals surface area contributed by atoms with Crippen molar-refractivity contribution in [3.8, 4) is 0 Å². The first kappa shape index (κ1) is 16.9. The first-order valence-corrected chi connectivity index (χ1v) is 7.34. The second-order valence-electron chi connectivity index (χ2n) is 5.56. The van der Waals surface area contributed by atoms with Crippen LogP contribution >= 0.6 is 12.4 Å². The van der Waals surface area contributed by atoms with Gasteiger partial charge in [-0.15, -0.1) is 12.4 Å². The fourth-order valence-corrected chi connectivity index (χ4v) is 2.81. The van der Waals surface area contributed by atoms with Crippen LogP contribution in [0.3, 0.4) is 0 Å². The van der Waals surface area contributed by atoms with Crippen LogP contribution in [0.25, 0.3) is 0 Å². The average Bonchev–Trinajstić information content (AvgIpc) is 2.52. The number of nitrogens with one attached hydrogen (secondary N) is 1. The maximum absolute atomic E-state index is 13.7. The Labute approximate surface area is 137 Å². The zero-order valence-electron chi connectivity index (χ0n) is 12.6. The van der Waals surface area contributed by atoms with Crippen LogP contribution in [0, 0.1) is 12.7 Å². The van der Waals surface area contributed by atoms with Crippen LogP contribution in [-0.2, 0) is 6.54 Å². The molecule has 1 unspecified atom stereocenters. The monoisotopic (exact) mass is 321 g/mol. The van der Waals surface area contributed by atoms with Crippen molar-refractivity contribution in [1.82, 2.24) is 15.2 Å². The summed E-state index contributed by atoms with van der Waals surface area (Å²) in [7, 11) is 0. The van der Waals surface area contributed by atoms with Crippen LogP contribution in [0.5, 0.6) is 0 Å². The molecule has 0 radical (unpaired) electrons. The molecule has 3 nitrogen and oxygen atoms in total. The number of nitrogens with zero attached hydrogens (tertiary/aromatic N) is 2. The molecule has 22 heavy (non-hydrogen) atoms. The summed E-state index contributed by atoms with van der Waals surface area (Å²) in [6.45, 7) is 5.38. The Kier molecular flexibility index (Phi) is 5.89. The number of halogens is 2. The summed E-state index contributed by atoms with van der Waals surface area (Å²) >= 11 is 0. The molecule has 5 heteroatoms. The van der Waals surface area contributed by atoms with E-state index in [0.717, 1.165) is 31.7 Å². The molecule has 0 bridgehead atoms. The van der Waals surface area contributed by atoms with Gasteiger partial charge in [0.2, 0.25) is 0 Å². The third kappa shape index (κ3) is 3.83. The Morgan fingerprint density at radius 1 is 1.36 bits per heavy atom. The first-order chi connectivity index (χ1) is 10.2. The molecule has 3 rings (SSSR count). The minimum atomic E-state index is -0.124. The highest BCUT2D eigenvalue weighted by molar-refractivity contribution is 5.85. The summed E-state index contributed by atoms with van der Waals surface area (Å²) in [5.41, 5.74) is 2.93. The van der Waals surface area contributed by atoms with Gasteiger partial charge < -0.3 is 5.32 Å². The van der Waals surface area contributed by atoms with E-state index in [1.165, 1.54) is 5.56 Å². The molecule has 0 saturated carbocycles. The fraction of sp³-hybridized carbons (Fsp3) is 0.353. The van der Waals surface area contributed by atoms with Crippen molar-refractivity contribution in [1.29, 1.82) is 0 Å². The van der Waals surface area contributed by atoms with Crippen LogP contribution in [-0.4, -0.2) is 29.5 Å². The van der Waals surface area contributed by atoms with Gasteiger partial charge in [-0.05, 0) is 35.7 Å². The predicted molar refractivity (Wildman–Crippen MR) is 88.6 cm³/mol. The molecule has 1 aromatic carbocycles. The van der Waals surface area contributed by atoms with E-state index < -0.39 is 0 Å². The van der Waals surface area contributed by atoms with Gasteiger partial charge in [-0.25, -0.2) is 4.39 Å². The van der Waals surface area contributed by atoms with Crippen LogP contribution in [0.2, 0.25) is 0 Å². The Bertz CT molecular complexity index is 606. The van der Waals surface area contributed by atoms with E-state index in [4.69, 9.17) is 0 Å². The van der Waals surface area contributed by atoms with Gasteiger partial charge in [0.05, 0.1) is 0 Å². The molecule has 118 valence electrons. The van der Waals surface area contributed by atoms with Crippen LogP contribution < -0.4 is 5.32 Å². The maximum atomic E-state index is 13.7. The number of hydrogen-bond acceptors (Lipinski definition) is 3. The van der Waals surface area contributed by atoms with E-state index in [1.807, 2.05) is 24.4 Å². The van der Waals surface area contributed by atoms with Gasteiger partial charge in [0, 0.05) is 44.6 Å². The van der Waals surface area contributed by atoms with Crippen molar-refractivity contribution >= 4 is 12.4 Å². The number of benzene rings is 1. The largest absolute Gasteiger partial charge is 0.314 e. The summed E-state index contributed by atoms with van der Waals surface area (Å²) in [5.74, 6) is -0.124. The predicted octanol–water partition coefficient (Wildman–Crippen LogP) is 3.10. The van der Waals surface area contributed by atoms with Crippen molar-refractivity contribution in [2.75, 3.05) is 19.6 Å². The van der Waals surface area contributed by atoms with Gasteiger partial charge in [0.25, 0.3) is 0 Å². The summed E-state index contributed by atoms with van der Waals surface area (Å²) in [6.07, 6.45) is 3.71. The lowest BCUT2D eigenvalue weighted by Crippen LogP contribution is -2.45. The molecule has 1 aliphatic rings. The molecule has 1 atom stereocenters. The third-order valence-electron chi connectivity index (χ3n) is 4.05. The van der Waals surface area contributed by atoms with E-state index in [2.05, 4.69) is 21.3 Å². The number of piperazine rings is 1. The van der Waals surface area contributed by atoms with E-state index in [0.29, 0.717) is 5.56 Å². The fourth-order valence-electron chi connectivity index (χ4n) is 2.81. The van der Waals surface area contributed by atoms with E-state index in [1.54, 1.807) is 19.2 Å². The number of aryl methyl sites for hydroxylation is 1. The van der Waals surface area contributed by atoms with Gasteiger partial charge in [0.15, 0.2) is 0 Å². The van der Waals surface area contributed by atoms with Gasteiger partial charge in [-0.2, -0.15) is 0 Å². The molecular weight excluding hydrogens is 301 g/mol. The van der Waals surface area contributed by atoms with Crippen molar-refractivity contribution in [3.63, 3.8) is 0 Å². The molecule has 2 aromatic rings. The van der Waals surface area contributed by atoms with Gasteiger partial charge in [-0.3, -0.25) is 9.88 Å². The van der Waals surface area contributed by atoms with E-state index in [9.17, 15) is 4.39 Å². The highest BCUT2D eigenvalue weighted by atomic mass is 35.5. The minimum Gasteiger partial charge on any atom is -0.314 e. The topological polar surface area (TPSA) is 28.2 Å². The molecule has 0 aliphatic carbocycles. The summed E-state index contributed by atoms with van der Waals surface area (Å²) in [4.78, 5) is 6.60. The standard InChI is InChI=1S/C17H20FN3.ClH/c1-13-4-5-14(9-16(13)18)12-21-8-7-20-11-17(21)15-3-2-6-19-10-15;/h2-6,9-10,17,20H,7-8,11-12H2,1H3;1H. The molecule has 1 N–H and O–H groups in total. The summed E-state index contributed by atoms with van der Waals surface area (Å²) in [6, 6.07) is 9.88. The molecule has 1 aromatic heterocycles. The lowest BCUT2D eigenvalue weighted by Gasteiger charge is -2.36. The highest BCUT2D eigenvalue weighted by Crippen LogP contribution is 2.24. The third-order valence-corrected chi connectivity index (χ3v) is 4.05. The van der Waals surface area contributed by atoms with Crippen molar-refractivity contribution in [2.45, 2.75) is 19.5 Å². The second-order valence-corrected chi connectivity index (χ2v) is 5.56. The maximum Gasteiger partial charge on any atom is 0.126 e. The minimum absolute atomic E-state index is 0. The van der Waals surface area contributed by atoms with Gasteiger partial charge in [0.1, 0.15) is 5.82 Å². The molecule has 0 spiro atoms. The zero-order valence-corrected chi connectivity index (χ0v) is 13.4. The quantitative estimate of drug-likeness (QED) is 0.941. The first-order valence-electron chi connectivity index (χ1n) is 7.34. The summed E-state index contributed by atoms with van der Waals surface area (Å²) < 4.78 is 13.7. The van der Waals surface area contributed by atoms with Gasteiger partial charge in [-0.1, -0.05) is 18.2 Å². The van der Waals surface area contributed by atoms with E-state index in [-0.39, 0.29) is 24.3 Å². The lowest BCUT2D eigenvalue weighted by atomic mass is 10.0. The Morgan fingerprint density at radius 2 is 2.23 bits per heavy atom. The molecule has 1 fully saturated rings. The molecule has 2 heterocycles. The number of rotatable bonds is 3. The highest BCUT2D eigenvalue weighted by Gasteiger charge is 2.23. The normalized spacial score (nSPS) is 18.7. The summed E-state index contributed by atoms with van der Waals surface area (Å²) in [5, 5.41) is 3.43. The van der Waals surface area contributed by atoms with Gasteiger partial charge >= 0.3 is 0 Å². The Hall–Kier alpha value is -1.49. The van der Waals surface area contributed by atoms with E-state index >= 15 is 0 Å². The zero-order chi connectivity index (χ0) is 14.7. The Morgan fingerprint density at radius 3 is 2.95 bits per heavy atom. The molecular formula is C17H21ClFN3. The van der Waals surface area contributed by atoms with Crippen molar-refractivity contribution < 1.29 is 4.39 Å². The van der Waals surface area contributed by atoms with Crippen molar-refractivity contribution in [2.24, 2.45) is 0 Å². The second kappa shape index (κ2) is 7.68. The number of aromatic nitrogens is 1. The SMILES string of the molecule is Cc1ccc(CN2CCNCC2c2cccnc2)cc1F.Cl. The molecule has 1 saturated heterocycles. The van der Waals surface area contributed by atoms with Crippen LogP contribution in [0.15, 0.2) is 42.7 Å². The van der Waals surface area contributed by atoms with Crippen LogP contribution in [0.4, 0.5) is 4.39 Å². The van der Waals surface area contributed by atoms with Crippen LogP contribution in [0.1, 0.15) is 22.7 Å². The number of pyridine rings is 1. The average molecular weight is 322 g/mol. The lowest BCUT2D eigenvalue weighted by molar-refractivity contribution is 0.153. The smallest absolute Gasteiger partial charge is 0.126 e. The van der Waals surface area contributed by atoms with Crippen molar-refractivity contribution in [3.05, 3.63) is 65.2 Å². The molecule has 1 aliphatic heterocycles. The number of hydrogen-bond donors (Lipinski definition) is 1.